The van der Waals surface area contributed by atoms with Gasteiger partial charge in [-0.15, -0.1) is 0 Å². The maximum atomic E-state index is 11.0. The fraction of sp³-hybridized carbons (Fsp3) is 0.600. The number of hydrogen-bond donors (Lipinski definition) is 1. The average molecular weight is 280 g/mol. The Morgan fingerprint density at radius 1 is 1.40 bits per heavy atom. The van der Waals surface area contributed by atoms with Crippen LogP contribution in [0.25, 0.3) is 0 Å². The molecule has 5 heteroatoms. The lowest BCUT2D eigenvalue weighted by atomic mass is 9.90. The Labute approximate surface area is 120 Å². The van der Waals surface area contributed by atoms with Crippen LogP contribution in [0.3, 0.4) is 0 Å². The van der Waals surface area contributed by atoms with Crippen molar-refractivity contribution in [1.82, 2.24) is 0 Å². The molecule has 0 aromatic heterocycles. The maximum Gasteiger partial charge on any atom is 0.311 e. The van der Waals surface area contributed by atoms with Crippen molar-refractivity contribution in [2.24, 2.45) is 5.41 Å². The van der Waals surface area contributed by atoms with E-state index < -0.39 is 4.92 Å². The predicted octanol–water partition coefficient (Wildman–Crippen LogP) is 4.23. The summed E-state index contributed by atoms with van der Waals surface area (Å²) >= 11 is 0. The number of nitrogens with zero attached hydrogens (tertiary/aromatic N) is 1. The van der Waals surface area contributed by atoms with Crippen molar-refractivity contribution in [2.45, 2.75) is 47.1 Å². The summed E-state index contributed by atoms with van der Waals surface area (Å²) in [6, 6.07) is 4.90. The Balaban J connectivity index is 2.92. The topological polar surface area (TPSA) is 64.4 Å². The van der Waals surface area contributed by atoms with Gasteiger partial charge in [0.15, 0.2) is 5.75 Å². The molecule has 0 spiro atoms. The summed E-state index contributed by atoms with van der Waals surface area (Å²) in [4.78, 5) is 10.6. The molecule has 1 aromatic carbocycles. The predicted molar refractivity (Wildman–Crippen MR) is 81.4 cm³/mol. The van der Waals surface area contributed by atoms with E-state index in [1.807, 2.05) is 13.8 Å². The molecule has 0 unspecified atom stereocenters. The molecule has 0 aliphatic carbocycles. The lowest BCUT2D eigenvalue weighted by Gasteiger charge is -2.23. The molecule has 0 saturated carbocycles. The van der Waals surface area contributed by atoms with Gasteiger partial charge in [-0.2, -0.15) is 0 Å². The zero-order chi connectivity index (χ0) is 15.3. The average Bonchev–Trinajstić information content (AvgIpc) is 2.35. The molecule has 5 nitrogen and oxygen atoms in total. The van der Waals surface area contributed by atoms with Crippen LogP contribution < -0.4 is 10.1 Å². The van der Waals surface area contributed by atoms with Gasteiger partial charge in [0.05, 0.1) is 11.0 Å². The number of ether oxygens (including phenoxy) is 1. The zero-order valence-electron chi connectivity index (χ0n) is 12.9. The molecule has 0 aliphatic heterocycles. The molecule has 0 saturated heterocycles. The molecular formula is C15H24N2O3. The molecule has 1 aromatic rings. The second kappa shape index (κ2) is 6.59. The van der Waals surface area contributed by atoms with Crippen molar-refractivity contribution in [2.75, 3.05) is 11.9 Å². The van der Waals surface area contributed by atoms with Crippen LogP contribution in [0, 0.1) is 15.5 Å². The Hall–Kier alpha value is -1.78. The summed E-state index contributed by atoms with van der Waals surface area (Å²) in [5.74, 6) is 0.310. The number of hydrogen-bond acceptors (Lipinski definition) is 4. The van der Waals surface area contributed by atoms with Crippen molar-refractivity contribution in [3.63, 3.8) is 0 Å². The third-order valence-electron chi connectivity index (χ3n) is 3.25. The van der Waals surface area contributed by atoms with Crippen molar-refractivity contribution < 1.29 is 9.66 Å². The van der Waals surface area contributed by atoms with Gasteiger partial charge in [0, 0.05) is 24.4 Å². The van der Waals surface area contributed by atoms with Crippen LogP contribution >= 0.6 is 0 Å². The SMILES string of the molecule is CCC(C)(C)CNc1ccc([N+](=O)[O-])c(OC(C)C)c1. The number of benzene rings is 1. The van der Waals surface area contributed by atoms with Gasteiger partial charge in [0.2, 0.25) is 0 Å². The summed E-state index contributed by atoms with van der Waals surface area (Å²) < 4.78 is 5.52. The highest BCUT2D eigenvalue weighted by Gasteiger charge is 2.18. The molecule has 1 N–H and O–H groups in total. The van der Waals surface area contributed by atoms with E-state index in [-0.39, 0.29) is 17.2 Å². The van der Waals surface area contributed by atoms with Gasteiger partial charge < -0.3 is 10.1 Å². The molecule has 20 heavy (non-hydrogen) atoms. The van der Waals surface area contributed by atoms with E-state index in [9.17, 15) is 10.1 Å². The number of anilines is 1. The molecular weight excluding hydrogens is 256 g/mol. The van der Waals surface area contributed by atoms with Crippen molar-refractivity contribution in [3.05, 3.63) is 28.3 Å². The van der Waals surface area contributed by atoms with Crippen LogP contribution in [0.15, 0.2) is 18.2 Å². The van der Waals surface area contributed by atoms with Gasteiger partial charge in [-0.3, -0.25) is 10.1 Å². The molecule has 0 heterocycles. The van der Waals surface area contributed by atoms with Crippen molar-refractivity contribution >= 4 is 11.4 Å². The first-order valence-corrected chi connectivity index (χ1v) is 6.94. The fourth-order valence-electron chi connectivity index (χ4n) is 1.59. The van der Waals surface area contributed by atoms with E-state index in [1.165, 1.54) is 6.07 Å². The van der Waals surface area contributed by atoms with Crippen LogP contribution in [0.2, 0.25) is 0 Å². The standard InChI is InChI=1S/C15H24N2O3/c1-6-15(4,5)10-16-12-7-8-13(17(18)19)14(9-12)20-11(2)3/h7-9,11,16H,6,10H2,1-5H3. The van der Waals surface area contributed by atoms with Gasteiger partial charge in [0.1, 0.15) is 0 Å². The molecule has 0 aliphatic rings. The van der Waals surface area contributed by atoms with E-state index in [0.717, 1.165) is 18.7 Å². The normalized spacial score (nSPS) is 11.5. The second-order valence-electron chi connectivity index (χ2n) is 5.98. The van der Waals surface area contributed by atoms with Crippen molar-refractivity contribution in [1.29, 1.82) is 0 Å². The summed E-state index contributed by atoms with van der Waals surface area (Å²) in [7, 11) is 0. The van der Waals surface area contributed by atoms with Crippen LogP contribution in [0.5, 0.6) is 5.75 Å². The summed E-state index contributed by atoms with van der Waals surface area (Å²) in [6.45, 7) is 11.0. The first-order chi connectivity index (χ1) is 9.25. The highest BCUT2D eigenvalue weighted by Crippen LogP contribution is 2.31. The number of nitro benzene ring substituents is 1. The van der Waals surface area contributed by atoms with E-state index >= 15 is 0 Å². The first-order valence-electron chi connectivity index (χ1n) is 6.94. The fourth-order valence-corrected chi connectivity index (χ4v) is 1.59. The number of nitro groups is 1. The largest absolute Gasteiger partial charge is 0.484 e. The highest BCUT2D eigenvalue weighted by molar-refractivity contribution is 5.58. The molecule has 112 valence electrons. The van der Waals surface area contributed by atoms with E-state index in [2.05, 4.69) is 26.1 Å². The minimum Gasteiger partial charge on any atom is -0.484 e. The van der Waals surface area contributed by atoms with E-state index in [1.54, 1.807) is 12.1 Å². The third kappa shape index (κ3) is 4.72. The molecule has 0 amide bonds. The monoisotopic (exact) mass is 280 g/mol. The molecule has 0 atom stereocenters. The second-order valence-corrected chi connectivity index (χ2v) is 5.98. The van der Waals surface area contributed by atoms with Crippen LogP contribution in [-0.2, 0) is 0 Å². The molecule has 0 bridgehead atoms. The maximum absolute atomic E-state index is 11.0. The van der Waals surface area contributed by atoms with Crippen molar-refractivity contribution in [3.8, 4) is 5.75 Å². The number of nitrogens with one attached hydrogen (secondary N) is 1. The summed E-state index contributed by atoms with van der Waals surface area (Å²) in [5, 5.41) is 14.3. The Kier molecular flexibility index (Phi) is 5.36. The third-order valence-corrected chi connectivity index (χ3v) is 3.25. The van der Waals surface area contributed by atoms with Gasteiger partial charge in [-0.05, 0) is 31.7 Å². The minimum absolute atomic E-state index is 0.000924. The van der Waals surface area contributed by atoms with E-state index in [0.29, 0.717) is 5.75 Å². The van der Waals surface area contributed by atoms with Crippen LogP contribution in [-0.4, -0.2) is 17.6 Å². The molecule has 0 radical (unpaired) electrons. The summed E-state index contributed by atoms with van der Waals surface area (Å²) in [5.41, 5.74) is 1.02. The first kappa shape index (κ1) is 16.3. The Morgan fingerprint density at radius 2 is 2.05 bits per heavy atom. The van der Waals surface area contributed by atoms with Gasteiger partial charge in [-0.25, -0.2) is 0 Å². The summed E-state index contributed by atoms with van der Waals surface area (Å²) in [6.07, 6.45) is 0.957. The minimum atomic E-state index is -0.419. The highest BCUT2D eigenvalue weighted by atomic mass is 16.6. The van der Waals surface area contributed by atoms with Crippen LogP contribution in [0.4, 0.5) is 11.4 Å². The van der Waals surface area contributed by atoms with Crippen LogP contribution in [0.1, 0.15) is 41.0 Å². The Morgan fingerprint density at radius 3 is 2.55 bits per heavy atom. The van der Waals surface area contributed by atoms with Gasteiger partial charge in [-0.1, -0.05) is 20.8 Å². The smallest absolute Gasteiger partial charge is 0.311 e. The van der Waals surface area contributed by atoms with Gasteiger partial charge >= 0.3 is 5.69 Å². The Bertz CT molecular complexity index is 470. The number of rotatable bonds is 7. The van der Waals surface area contributed by atoms with E-state index in [4.69, 9.17) is 4.74 Å². The lowest BCUT2D eigenvalue weighted by molar-refractivity contribution is -0.386. The zero-order valence-corrected chi connectivity index (χ0v) is 12.9. The van der Waals surface area contributed by atoms with Gasteiger partial charge in [0.25, 0.3) is 0 Å². The lowest BCUT2D eigenvalue weighted by Crippen LogP contribution is -2.22. The quantitative estimate of drug-likeness (QED) is 0.599. The molecule has 1 rings (SSSR count). The molecule has 0 fully saturated rings.